The zero-order chi connectivity index (χ0) is 24.1. The summed E-state index contributed by atoms with van der Waals surface area (Å²) >= 11 is 5.43. The molecular weight excluding hydrogens is 457 g/mol. The van der Waals surface area contributed by atoms with Crippen molar-refractivity contribution in [3.8, 4) is 0 Å². The lowest BCUT2D eigenvalue weighted by molar-refractivity contribution is -0.132. The van der Waals surface area contributed by atoms with Crippen LogP contribution in [0.3, 0.4) is 0 Å². The van der Waals surface area contributed by atoms with Crippen molar-refractivity contribution in [1.29, 1.82) is 0 Å². The van der Waals surface area contributed by atoms with E-state index in [0.717, 1.165) is 38.0 Å². The first-order valence-corrected chi connectivity index (χ1v) is 11.0. The summed E-state index contributed by atoms with van der Waals surface area (Å²) in [5.41, 5.74) is -0.165. The molecule has 0 amide bonds. The van der Waals surface area contributed by atoms with Gasteiger partial charge in [-0.3, -0.25) is 9.69 Å². The summed E-state index contributed by atoms with van der Waals surface area (Å²) in [7, 11) is 0. The van der Waals surface area contributed by atoms with Gasteiger partial charge in [-0.25, -0.2) is 18.0 Å². The van der Waals surface area contributed by atoms with Crippen molar-refractivity contribution in [2.45, 2.75) is 39.2 Å². The number of halogens is 4. The largest absolute Gasteiger partial charge is 0.477 e. The molecule has 0 saturated carbocycles. The first kappa shape index (κ1) is 24.8. The Bertz CT molecular complexity index is 1100. The fraction of sp³-hybridized carbons (Fsp3) is 0.333. The number of carbonyl (C=O) groups excluding carboxylic acids is 1. The first-order valence-electron chi connectivity index (χ1n) is 10.6. The molecule has 0 atom stereocenters. The first-order chi connectivity index (χ1) is 15.7. The van der Waals surface area contributed by atoms with E-state index in [1.807, 2.05) is 18.2 Å². The van der Waals surface area contributed by atoms with E-state index < -0.39 is 45.4 Å². The summed E-state index contributed by atoms with van der Waals surface area (Å²) in [5, 5.41) is 11.4. The maximum atomic E-state index is 14.4. The molecule has 0 aliphatic carbocycles. The molecule has 1 aliphatic rings. The maximum Gasteiger partial charge on any atom is 0.341 e. The highest BCUT2D eigenvalue weighted by atomic mass is 35.5. The predicted octanol–water partition coefficient (Wildman–Crippen LogP) is 5.79. The number of allylic oxidation sites excluding steroid dienone is 1. The number of hydrogen-bond acceptors (Lipinski definition) is 4. The van der Waals surface area contributed by atoms with Crippen LogP contribution in [0.4, 0.5) is 18.9 Å². The number of anilines is 1. The lowest BCUT2D eigenvalue weighted by atomic mass is 9.99. The highest BCUT2D eigenvalue weighted by Crippen LogP contribution is 2.28. The van der Waals surface area contributed by atoms with Gasteiger partial charge in [0.25, 0.3) is 0 Å². The Hall–Kier alpha value is -2.84. The van der Waals surface area contributed by atoms with Crippen molar-refractivity contribution >= 4 is 29.0 Å². The van der Waals surface area contributed by atoms with Crippen molar-refractivity contribution in [2.24, 2.45) is 0 Å². The number of hydrogen-bond donors (Lipinski definition) is 2. The fourth-order valence-electron chi connectivity index (χ4n) is 3.86. The zero-order valence-corrected chi connectivity index (χ0v) is 18.8. The molecule has 1 saturated heterocycles. The van der Waals surface area contributed by atoms with Crippen LogP contribution in [-0.2, 0) is 11.3 Å². The molecule has 2 aromatic carbocycles. The molecule has 0 radical (unpaired) electrons. The van der Waals surface area contributed by atoms with Crippen LogP contribution in [0.5, 0.6) is 0 Å². The summed E-state index contributed by atoms with van der Waals surface area (Å²) in [6.45, 7) is 4.38. The van der Waals surface area contributed by atoms with Gasteiger partial charge in [0.05, 0.1) is 5.56 Å². The third-order valence-corrected chi connectivity index (χ3v) is 5.85. The van der Waals surface area contributed by atoms with Crippen LogP contribution in [0.2, 0.25) is 5.02 Å². The summed E-state index contributed by atoms with van der Waals surface area (Å²) in [5.74, 6) is -7.65. The molecule has 0 spiro atoms. The molecule has 0 unspecified atom stereocenters. The predicted molar refractivity (Wildman–Crippen MR) is 120 cm³/mol. The standard InChI is InChI=1S/C24H24ClF3N2O3/c1-2-18(29-15-8-6-7-14(11-15)13-30-9-4-3-5-10-30)19(24(32)33)23(31)16-12-17(26)22(28)20(25)21(16)27/h6-8,11-12,29H,2-5,9-10,13H2,1H3,(H,32,33). The van der Waals surface area contributed by atoms with E-state index in [0.29, 0.717) is 11.8 Å². The molecule has 3 rings (SSSR count). The van der Waals surface area contributed by atoms with E-state index in [2.05, 4.69) is 10.2 Å². The van der Waals surface area contributed by atoms with Gasteiger partial charge < -0.3 is 10.4 Å². The molecular formula is C24H24ClF3N2O3. The van der Waals surface area contributed by atoms with Crippen LogP contribution >= 0.6 is 11.6 Å². The number of carbonyl (C=O) groups is 2. The lowest BCUT2D eigenvalue weighted by Crippen LogP contribution is -2.29. The van der Waals surface area contributed by atoms with Crippen LogP contribution in [0.15, 0.2) is 41.6 Å². The number of nitrogens with zero attached hydrogens (tertiary/aromatic N) is 1. The van der Waals surface area contributed by atoms with Gasteiger partial charge >= 0.3 is 5.97 Å². The quantitative estimate of drug-likeness (QED) is 0.125. The number of aliphatic carboxylic acids is 1. The Labute approximate surface area is 194 Å². The fourth-order valence-corrected chi connectivity index (χ4v) is 4.05. The number of likely N-dealkylation sites (tertiary alicyclic amines) is 1. The smallest absolute Gasteiger partial charge is 0.341 e. The number of benzene rings is 2. The normalized spacial score (nSPS) is 15.2. The second kappa shape index (κ2) is 10.9. The Kier molecular flexibility index (Phi) is 8.15. The van der Waals surface area contributed by atoms with E-state index >= 15 is 0 Å². The van der Waals surface area contributed by atoms with Crippen molar-refractivity contribution in [3.05, 3.63) is 75.2 Å². The van der Waals surface area contributed by atoms with E-state index in [-0.39, 0.29) is 12.1 Å². The summed E-state index contributed by atoms with van der Waals surface area (Å²) < 4.78 is 41.6. The molecule has 1 heterocycles. The van der Waals surface area contributed by atoms with Crippen LogP contribution in [-0.4, -0.2) is 34.8 Å². The lowest BCUT2D eigenvalue weighted by Gasteiger charge is -2.26. The number of carboxylic acids is 1. The molecule has 1 aliphatic heterocycles. The minimum atomic E-state index is -1.65. The second-order valence-corrected chi connectivity index (χ2v) is 8.23. The Morgan fingerprint density at radius 2 is 1.79 bits per heavy atom. The number of piperidine rings is 1. The molecule has 176 valence electrons. The number of ketones is 1. The van der Waals surface area contributed by atoms with Crippen molar-refractivity contribution < 1.29 is 27.9 Å². The third-order valence-electron chi connectivity index (χ3n) is 5.52. The average Bonchev–Trinajstić information content (AvgIpc) is 2.80. The third kappa shape index (κ3) is 5.75. The number of nitrogens with one attached hydrogen (secondary N) is 1. The Balaban J connectivity index is 1.93. The molecule has 0 aromatic heterocycles. The summed E-state index contributed by atoms with van der Waals surface area (Å²) in [4.78, 5) is 27.1. The van der Waals surface area contributed by atoms with Crippen LogP contribution in [0, 0.1) is 17.5 Å². The molecule has 2 aromatic rings. The number of Topliss-reactive ketones (excluding diaryl/α,β-unsaturated/α-hetero) is 1. The molecule has 1 fully saturated rings. The van der Waals surface area contributed by atoms with Gasteiger partial charge in [-0.05, 0) is 56.1 Å². The molecule has 9 heteroatoms. The Morgan fingerprint density at radius 1 is 1.09 bits per heavy atom. The maximum absolute atomic E-state index is 14.4. The van der Waals surface area contributed by atoms with Crippen molar-refractivity contribution in [1.82, 2.24) is 4.90 Å². The Morgan fingerprint density at radius 3 is 2.42 bits per heavy atom. The van der Waals surface area contributed by atoms with Gasteiger partial charge in [0.15, 0.2) is 17.5 Å². The van der Waals surface area contributed by atoms with Gasteiger partial charge in [0.1, 0.15) is 10.6 Å². The van der Waals surface area contributed by atoms with Gasteiger partial charge in [-0.2, -0.15) is 0 Å². The van der Waals surface area contributed by atoms with E-state index in [1.54, 1.807) is 13.0 Å². The molecule has 33 heavy (non-hydrogen) atoms. The average molecular weight is 481 g/mol. The van der Waals surface area contributed by atoms with Crippen LogP contribution < -0.4 is 5.32 Å². The van der Waals surface area contributed by atoms with E-state index in [9.17, 15) is 27.9 Å². The molecule has 5 nitrogen and oxygen atoms in total. The van der Waals surface area contributed by atoms with Crippen molar-refractivity contribution in [2.75, 3.05) is 18.4 Å². The highest BCUT2D eigenvalue weighted by molar-refractivity contribution is 6.32. The van der Waals surface area contributed by atoms with E-state index in [4.69, 9.17) is 11.6 Å². The van der Waals surface area contributed by atoms with Gasteiger partial charge in [0, 0.05) is 17.9 Å². The molecule has 0 bridgehead atoms. The van der Waals surface area contributed by atoms with Crippen molar-refractivity contribution in [3.63, 3.8) is 0 Å². The topological polar surface area (TPSA) is 69.6 Å². The van der Waals surface area contributed by atoms with Gasteiger partial charge in [0.2, 0.25) is 5.78 Å². The minimum absolute atomic E-state index is 0.00266. The van der Waals surface area contributed by atoms with E-state index in [1.165, 1.54) is 6.42 Å². The SMILES string of the molecule is CCC(Nc1cccc(CN2CCCCC2)c1)=C(C(=O)O)C(=O)c1cc(F)c(F)c(Cl)c1F. The van der Waals surface area contributed by atoms with Gasteiger partial charge in [-0.1, -0.05) is 37.1 Å². The zero-order valence-electron chi connectivity index (χ0n) is 18.1. The van der Waals surface area contributed by atoms with Crippen LogP contribution in [0.25, 0.3) is 0 Å². The summed E-state index contributed by atoms with van der Waals surface area (Å²) in [6.07, 6.45) is 3.60. The molecule has 2 N–H and O–H groups in total. The minimum Gasteiger partial charge on any atom is -0.477 e. The number of carboxylic acid groups (broad SMARTS) is 1. The number of rotatable bonds is 8. The monoisotopic (exact) mass is 480 g/mol. The summed E-state index contributed by atoms with van der Waals surface area (Å²) in [6, 6.07) is 7.65. The van der Waals surface area contributed by atoms with Crippen LogP contribution in [0.1, 0.15) is 48.5 Å². The second-order valence-electron chi connectivity index (χ2n) is 7.85. The van der Waals surface area contributed by atoms with Gasteiger partial charge in [-0.15, -0.1) is 0 Å². The highest BCUT2D eigenvalue weighted by Gasteiger charge is 2.29.